The van der Waals surface area contributed by atoms with Crippen LogP contribution in [0.25, 0.3) is 0 Å². The van der Waals surface area contributed by atoms with Gasteiger partial charge in [-0.15, -0.1) is 0 Å². The van der Waals surface area contributed by atoms with E-state index in [1.807, 2.05) is 54.6 Å². The monoisotopic (exact) mass is 308 g/mol. The number of hydrogen-bond acceptors (Lipinski definition) is 5. The molecule has 0 saturated carbocycles. The van der Waals surface area contributed by atoms with Crippen LogP contribution in [0.4, 0.5) is 11.4 Å². The van der Waals surface area contributed by atoms with Gasteiger partial charge in [0.15, 0.2) is 0 Å². The lowest BCUT2D eigenvalue weighted by atomic mass is 10.0. The highest BCUT2D eigenvalue weighted by atomic mass is 16.1. The molecule has 4 rings (SSSR count). The number of carbonyl (C=O) groups is 1. The molecule has 1 saturated heterocycles. The summed E-state index contributed by atoms with van der Waals surface area (Å²) in [6, 6.07) is 17.5. The molecule has 0 radical (unpaired) electrons. The summed E-state index contributed by atoms with van der Waals surface area (Å²) in [6.07, 6.45) is 0. The normalized spacial score (nSPS) is 19.5. The van der Waals surface area contributed by atoms with E-state index in [-0.39, 0.29) is 5.78 Å². The average Bonchev–Trinajstić information content (AvgIpc) is 3.03. The van der Waals surface area contributed by atoms with Crippen molar-refractivity contribution in [1.82, 2.24) is 10.2 Å². The van der Waals surface area contributed by atoms with Gasteiger partial charge >= 0.3 is 0 Å². The van der Waals surface area contributed by atoms with Crippen LogP contribution < -0.4 is 16.0 Å². The molecule has 0 spiro atoms. The van der Waals surface area contributed by atoms with Crippen LogP contribution in [-0.2, 0) is 0 Å². The molecular weight excluding hydrogens is 288 g/mol. The molecule has 118 valence electrons. The summed E-state index contributed by atoms with van der Waals surface area (Å²) in [5, 5.41) is 10.3. The highest BCUT2D eigenvalue weighted by Gasteiger charge is 2.48. The second kappa shape index (κ2) is 5.68. The van der Waals surface area contributed by atoms with Crippen LogP contribution in [0.1, 0.15) is 10.4 Å². The standard InChI is InChI=1S/C18H20N4O/c23-17(14-6-2-1-3-7-14)18(22-12-10-19-11-13-22)20-15-8-4-5-9-16(15)21-18/h1-9,19-21H,10-13H2. The number of para-hydroxylation sites is 2. The van der Waals surface area contributed by atoms with Crippen molar-refractivity contribution in [3.8, 4) is 0 Å². The van der Waals surface area contributed by atoms with Crippen LogP contribution in [-0.4, -0.2) is 42.6 Å². The Kier molecular flexibility index (Phi) is 3.52. The fraction of sp³-hybridized carbons (Fsp3) is 0.278. The number of benzene rings is 2. The zero-order valence-electron chi connectivity index (χ0n) is 12.9. The van der Waals surface area contributed by atoms with Gasteiger partial charge in [-0.1, -0.05) is 42.5 Å². The molecule has 1 fully saturated rings. The zero-order chi connectivity index (χ0) is 15.7. The summed E-state index contributed by atoms with van der Waals surface area (Å²) in [7, 11) is 0. The summed E-state index contributed by atoms with van der Waals surface area (Å²) in [6.45, 7) is 3.38. The maximum atomic E-state index is 13.3. The predicted octanol–water partition coefficient (Wildman–Crippen LogP) is 1.97. The number of piperazine rings is 1. The van der Waals surface area contributed by atoms with E-state index in [1.165, 1.54) is 0 Å². The molecule has 0 amide bonds. The highest BCUT2D eigenvalue weighted by Crippen LogP contribution is 2.37. The molecule has 2 aromatic carbocycles. The first-order valence-electron chi connectivity index (χ1n) is 8.01. The number of hydrogen-bond donors (Lipinski definition) is 3. The number of rotatable bonds is 3. The van der Waals surface area contributed by atoms with E-state index in [1.54, 1.807) is 0 Å². The smallest absolute Gasteiger partial charge is 0.233 e. The molecular formula is C18H20N4O. The van der Waals surface area contributed by atoms with Gasteiger partial charge in [-0.2, -0.15) is 0 Å². The first-order chi connectivity index (χ1) is 11.3. The van der Waals surface area contributed by atoms with Gasteiger partial charge in [0.05, 0.1) is 11.4 Å². The van der Waals surface area contributed by atoms with E-state index >= 15 is 0 Å². The molecule has 2 aliphatic rings. The van der Waals surface area contributed by atoms with Crippen molar-refractivity contribution in [2.24, 2.45) is 0 Å². The molecule has 0 aromatic heterocycles. The minimum Gasteiger partial charge on any atom is -0.342 e. The van der Waals surface area contributed by atoms with E-state index in [2.05, 4.69) is 20.9 Å². The van der Waals surface area contributed by atoms with Gasteiger partial charge in [-0.3, -0.25) is 9.69 Å². The minimum absolute atomic E-state index is 0.0520. The van der Waals surface area contributed by atoms with Gasteiger partial charge in [0.2, 0.25) is 11.6 Å². The van der Waals surface area contributed by atoms with Crippen LogP contribution >= 0.6 is 0 Å². The summed E-state index contributed by atoms with van der Waals surface area (Å²) >= 11 is 0. The van der Waals surface area contributed by atoms with E-state index < -0.39 is 5.79 Å². The van der Waals surface area contributed by atoms with E-state index in [0.717, 1.165) is 37.6 Å². The van der Waals surface area contributed by atoms with Crippen LogP contribution in [0.5, 0.6) is 0 Å². The van der Waals surface area contributed by atoms with Crippen molar-refractivity contribution < 1.29 is 4.79 Å². The lowest BCUT2D eigenvalue weighted by Crippen LogP contribution is -2.66. The Balaban J connectivity index is 1.75. The Morgan fingerprint density at radius 2 is 1.43 bits per heavy atom. The zero-order valence-corrected chi connectivity index (χ0v) is 12.9. The van der Waals surface area contributed by atoms with Crippen LogP contribution in [0.3, 0.4) is 0 Å². The van der Waals surface area contributed by atoms with Gasteiger partial charge < -0.3 is 16.0 Å². The van der Waals surface area contributed by atoms with Gasteiger partial charge in [0.1, 0.15) is 0 Å². The molecule has 2 aliphatic heterocycles. The van der Waals surface area contributed by atoms with Crippen molar-refractivity contribution >= 4 is 17.2 Å². The number of anilines is 2. The van der Waals surface area contributed by atoms with Crippen molar-refractivity contribution in [3.63, 3.8) is 0 Å². The fourth-order valence-corrected chi connectivity index (χ4v) is 3.34. The number of nitrogens with one attached hydrogen (secondary N) is 3. The molecule has 3 N–H and O–H groups in total. The summed E-state index contributed by atoms with van der Waals surface area (Å²) in [4.78, 5) is 15.5. The van der Waals surface area contributed by atoms with Crippen LogP contribution in [0, 0.1) is 0 Å². The van der Waals surface area contributed by atoms with Gasteiger partial charge in [-0.05, 0) is 12.1 Å². The molecule has 23 heavy (non-hydrogen) atoms. The van der Waals surface area contributed by atoms with E-state index in [4.69, 9.17) is 0 Å². The molecule has 0 atom stereocenters. The molecule has 0 unspecified atom stereocenters. The Labute approximate surface area is 135 Å². The molecule has 0 aliphatic carbocycles. The third-order valence-corrected chi connectivity index (χ3v) is 4.51. The van der Waals surface area contributed by atoms with Crippen LogP contribution in [0.15, 0.2) is 54.6 Å². The number of ketones is 1. The Morgan fingerprint density at radius 3 is 2.04 bits per heavy atom. The fourth-order valence-electron chi connectivity index (χ4n) is 3.34. The lowest BCUT2D eigenvalue weighted by molar-refractivity contribution is 0.0664. The second-order valence-electron chi connectivity index (χ2n) is 5.94. The maximum absolute atomic E-state index is 13.3. The summed E-state index contributed by atoms with van der Waals surface area (Å²) in [5.74, 6) is -0.858. The van der Waals surface area contributed by atoms with Crippen molar-refractivity contribution in [2.75, 3.05) is 36.8 Å². The van der Waals surface area contributed by atoms with Crippen molar-refractivity contribution in [1.29, 1.82) is 0 Å². The molecule has 0 bridgehead atoms. The Hall–Kier alpha value is -2.37. The molecule has 2 heterocycles. The van der Waals surface area contributed by atoms with Crippen molar-refractivity contribution in [3.05, 3.63) is 60.2 Å². The summed E-state index contributed by atoms with van der Waals surface area (Å²) < 4.78 is 0. The number of carbonyl (C=O) groups excluding carboxylic acids is 1. The molecule has 5 nitrogen and oxygen atoms in total. The third-order valence-electron chi connectivity index (χ3n) is 4.51. The largest absolute Gasteiger partial charge is 0.342 e. The number of Topliss-reactive ketones (excluding diaryl/α,β-unsaturated/α-hetero) is 1. The minimum atomic E-state index is -0.910. The predicted molar refractivity (Wildman–Crippen MR) is 91.6 cm³/mol. The second-order valence-corrected chi connectivity index (χ2v) is 5.94. The quantitative estimate of drug-likeness (QED) is 0.757. The average molecular weight is 308 g/mol. The Bertz CT molecular complexity index is 685. The van der Waals surface area contributed by atoms with Gasteiger partial charge in [-0.25, -0.2) is 0 Å². The van der Waals surface area contributed by atoms with Gasteiger partial charge in [0, 0.05) is 31.7 Å². The lowest BCUT2D eigenvalue weighted by Gasteiger charge is -2.42. The van der Waals surface area contributed by atoms with Crippen LogP contribution in [0.2, 0.25) is 0 Å². The van der Waals surface area contributed by atoms with Crippen molar-refractivity contribution in [2.45, 2.75) is 5.79 Å². The molecule has 2 aromatic rings. The Morgan fingerprint density at radius 1 is 0.870 bits per heavy atom. The first-order valence-corrected chi connectivity index (χ1v) is 8.01. The number of fused-ring (bicyclic) bond motifs is 1. The molecule has 5 heteroatoms. The first kappa shape index (κ1) is 14.2. The highest BCUT2D eigenvalue weighted by molar-refractivity contribution is 6.08. The SMILES string of the molecule is O=C(c1ccccc1)C1(N2CCNCC2)Nc2ccccc2N1. The summed E-state index contributed by atoms with van der Waals surface area (Å²) in [5.41, 5.74) is 2.64. The third kappa shape index (κ3) is 2.38. The topological polar surface area (TPSA) is 56.4 Å². The van der Waals surface area contributed by atoms with E-state index in [9.17, 15) is 4.79 Å². The van der Waals surface area contributed by atoms with E-state index in [0.29, 0.717) is 5.56 Å². The maximum Gasteiger partial charge on any atom is 0.233 e. The number of nitrogens with zero attached hydrogens (tertiary/aromatic N) is 1. The van der Waals surface area contributed by atoms with Gasteiger partial charge in [0.25, 0.3) is 0 Å².